The minimum atomic E-state index is -1.23. The summed E-state index contributed by atoms with van der Waals surface area (Å²) in [6, 6.07) is 16.2. The number of amides is 3. The smallest absolute Gasteiger partial charge is 0.352 e. The number of thioether (sulfide) groups is 2. The van der Waals surface area contributed by atoms with Crippen LogP contribution in [-0.2, 0) is 25.7 Å². The third kappa shape index (κ3) is 7.17. The van der Waals surface area contributed by atoms with Gasteiger partial charge in [0.05, 0.1) is 19.2 Å². The van der Waals surface area contributed by atoms with Gasteiger partial charge >= 0.3 is 5.97 Å². The number of ether oxygens (including phenoxy) is 1. The average molecular weight is 634 g/mol. The predicted octanol–water partition coefficient (Wildman–Crippen LogP) is 3.29. The van der Waals surface area contributed by atoms with Crippen LogP contribution in [-0.4, -0.2) is 85.1 Å². The number of H-pyrrole nitrogens is 1. The first-order valence-corrected chi connectivity index (χ1v) is 15.8. The normalized spacial score (nSPS) is 20.1. The van der Waals surface area contributed by atoms with E-state index in [2.05, 4.69) is 15.3 Å². The number of methoxy groups -OCH3 is 1. The van der Waals surface area contributed by atoms with Crippen LogP contribution in [0.15, 0.2) is 101 Å². The number of carboxylic acid groups (broad SMARTS) is 1. The third-order valence-corrected chi connectivity index (χ3v) is 9.44. The molecule has 4 heterocycles. The molecule has 0 bridgehead atoms. The van der Waals surface area contributed by atoms with Crippen LogP contribution < -0.4 is 10.1 Å². The number of aliphatic carboxylic acids is 1. The van der Waals surface area contributed by atoms with Gasteiger partial charge < -0.3 is 25.0 Å². The molecular formula is C31H31N5O6S2. The summed E-state index contributed by atoms with van der Waals surface area (Å²) in [4.78, 5) is 61.0. The second kappa shape index (κ2) is 14.3. The van der Waals surface area contributed by atoms with Crippen molar-refractivity contribution in [3.63, 3.8) is 0 Å². The summed E-state index contributed by atoms with van der Waals surface area (Å²) in [6.45, 7) is 0.969. The lowest BCUT2D eigenvalue weighted by Crippen LogP contribution is -2.70. The molecule has 3 N–H and O–H groups in total. The molecule has 6 rings (SSSR count). The number of β-lactam (4-membered cyclic amide) rings is 1. The Morgan fingerprint density at radius 3 is 2.59 bits per heavy atom. The second-order valence-corrected chi connectivity index (χ2v) is 12.1. The minimum Gasteiger partial charge on any atom is -0.497 e. The molecule has 0 radical (unpaired) electrons. The van der Waals surface area contributed by atoms with Crippen LogP contribution in [0.1, 0.15) is 12.0 Å². The summed E-state index contributed by atoms with van der Waals surface area (Å²) in [7, 11) is 1.60. The summed E-state index contributed by atoms with van der Waals surface area (Å²) < 4.78 is 5.18. The molecule has 0 saturated carbocycles. The number of allylic oxidation sites excluding steroid dienone is 1. The van der Waals surface area contributed by atoms with E-state index in [1.54, 1.807) is 36.8 Å². The fraction of sp³-hybridized carbons (Fsp3) is 0.258. The third-order valence-electron chi connectivity index (χ3n) is 7.13. The lowest BCUT2D eigenvalue weighted by Gasteiger charge is -2.49. The van der Waals surface area contributed by atoms with E-state index in [9.17, 15) is 24.3 Å². The van der Waals surface area contributed by atoms with Crippen molar-refractivity contribution in [2.75, 3.05) is 25.2 Å². The molecule has 1 aromatic heterocycles. The highest BCUT2D eigenvalue weighted by Gasteiger charge is 2.54. The summed E-state index contributed by atoms with van der Waals surface area (Å²) in [5.74, 6) is -0.920. The van der Waals surface area contributed by atoms with E-state index < -0.39 is 23.3 Å². The zero-order valence-electron chi connectivity index (χ0n) is 23.8. The number of likely N-dealkylation sites (tertiary alicyclic amines) is 1. The van der Waals surface area contributed by atoms with Crippen molar-refractivity contribution >= 4 is 47.2 Å². The zero-order chi connectivity index (χ0) is 31.1. The molecule has 0 aliphatic carbocycles. The summed E-state index contributed by atoms with van der Waals surface area (Å²) in [6.07, 6.45) is 7.20. The number of benzene rings is 2. The Balaban J connectivity index is 0.000000698. The van der Waals surface area contributed by atoms with Gasteiger partial charge in [-0.15, -0.1) is 23.5 Å². The second-order valence-electron chi connectivity index (χ2n) is 9.99. The molecule has 3 aliphatic heterocycles. The Hall–Kier alpha value is -4.49. The van der Waals surface area contributed by atoms with Gasteiger partial charge in [-0.3, -0.25) is 19.3 Å². The Morgan fingerprint density at radius 2 is 1.95 bits per heavy atom. The number of imidazole rings is 1. The maximum Gasteiger partial charge on any atom is 0.352 e. The maximum absolute atomic E-state index is 13.1. The number of aromatic amines is 1. The van der Waals surface area contributed by atoms with Gasteiger partial charge in [-0.2, -0.15) is 0 Å². The van der Waals surface area contributed by atoms with Crippen LogP contribution in [0, 0.1) is 0 Å². The first-order valence-electron chi connectivity index (χ1n) is 13.8. The number of fused-ring (bicyclic) bond motifs is 1. The molecule has 2 aromatic carbocycles. The number of nitrogens with one attached hydrogen (secondary N) is 2. The molecule has 2 saturated heterocycles. The standard InChI is InChI=1S/C28H27N3O6S2.C3H4N2/c1-37-20-9-7-17(8-10-20)14-30-12-11-18(25(30)33)13-19-15-39-27-23(26(34)31(27)24(19)28(35)36)29-22(32)16-38-21-5-3-2-4-6-21;1-2-5-3-4-1/h2-10,13,23,27H,11-12,14-16H2,1H3,(H,29,32)(H,35,36);1-3H,(H,4,5)/b18-13+;/t23-,27-;/m1./s1. The molecule has 3 aromatic rings. The predicted molar refractivity (Wildman–Crippen MR) is 167 cm³/mol. The minimum absolute atomic E-state index is 0.123. The number of nitrogens with zero attached hydrogens (tertiary/aromatic N) is 3. The highest BCUT2D eigenvalue weighted by atomic mass is 32.2. The van der Waals surface area contributed by atoms with E-state index in [4.69, 9.17) is 4.74 Å². The van der Waals surface area contributed by atoms with E-state index in [0.717, 1.165) is 16.2 Å². The molecule has 228 valence electrons. The Bertz CT molecular complexity index is 1540. The lowest BCUT2D eigenvalue weighted by atomic mass is 10.0. The average Bonchev–Trinajstić information content (AvgIpc) is 3.74. The number of rotatable bonds is 9. The van der Waals surface area contributed by atoms with E-state index >= 15 is 0 Å². The number of carboxylic acids is 1. The van der Waals surface area contributed by atoms with Gasteiger partial charge in [0.15, 0.2) is 0 Å². The molecule has 0 unspecified atom stereocenters. The van der Waals surface area contributed by atoms with E-state index in [-0.39, 0.29) is 23.3 Å². The van der Waals surface area contributed by atoms with Crippen LogP contribution in [0.2, 0.25) is 0 Å². The highest BCUT2D eigenvalue weighted by Crippen LogP contribution is 2.41. The number of carbonyl (C=O) groups excluding carboxylic acids is 3. The number of aromatic nitrogens is 2. The fourth-order valence-corrected chi connectivity index (χ4v) is 7.00. The fourth-order valence-electron chi connectivity index (χ4n) is 4.96. The van der Waals surface area contributed by atoms with E-state index in [0.29, 0.717) is 36.4 Å². The molecule has 2 atom stereocenters. The first-order chi connectivity index (χ1) is 21.4. The molecular weight excluding hydrogens is 603 g/mol. The molecule has 11 nitrogen and oxygen atoms in total. The number of hydrogen-bond donors (Lipinski definition) is 3. The lowest BCUT2D eigenvalue weighted by molar-refractivity contribution is -0.150. The van der Waals surface area contributed by atoms with E-state index in [1.165, 1.54) is 28.4 Å². The molecule has 13 heteroatoms. The van der Waals surface area contributed by atoms with Crippen molar-refractivity contribution in [1.29, 1.82) is 0 Å². The number of carbonyl (C=O) groups is 4. The van der Waals surface area contributed by atoms with Gasteiger partial charge in [0.1, 0.15) is 22.9 Å². The number of hydrogen-bond acceptors (Lipinski definition) is 8. The first kappa shape index (κ1) is 31.0. The van der Waals surface area contributed by atoms with Crippen molar-refractivity contribution in [1.82, 2.24) is 25.1 Å². The van der Waals surface area contributed by atoms with Crippen molar-refractivity contribution < 1.29 is 29.0 Å². The largest absolute Gasteiger partial charge is 0.497 e. The van der Waals surface area contributed by atoms with Crippen LogP contribution >= 0.6 is 23.5 Å². The van der Waals surface area contributed by atoms with Crippen molar-refractivity contribution in [2.24, 2.45) is 0 Å². The van der Waals surface area contributed by atoms with Gasteiger partial charge in [0.25, 0.3) is 5.91 Å². The monoisotopic (exact) mass is 633 g/mol. The van der Waals surface area contributed by atoms with Gasteiger partial charge in [-0.25, -0.2) is 9.78 Å². The van der Waals surface area contributed by atoms with Crippen molar-refractivity contribution in [3.05, 3.63) is 102 Å². The quantitative estimate of drug-likeness (QED) is 0.184. The van der Waals surface area contributed by atoms with Gasteiger partial charge in [0.2, 0.25) is 11.8 Å². The summed E-state index contributed by atoms with van der Waals surface area (Å²) >= 11 is 2.75. The van der Waals surface area contributed by atoms with Crippen LogP contribution in [0.3, 0.4) is 0 Å². The Morgan fingerprint density at radius 1 is 1.18 bits per heavy atom. The molecule has 2 fully saturated rings. The maximum atomic E-state index is 13.1. The van der Waals surface area contributed by atoms with Gasteiger partial charge in [0, 0.05) is 41.7 Å². The zero-order valence-corrected chi connectivity index (χ0v) is 25.5. The van der Waals surface area contributed by atoms with Crippen molar-refractivity contribution in [3.8, 4) is 5.75 Å². The Kier molecular flexibility index (Phi) is 10.1. The van der Waals surface area contributed by atoms with Crippen molar-refractivity contribution in [2.45, 2.75) is 29.3 Å². The summed E-state index contributed by atoms with van der Waals surface area (Å²) in [5.41, 5.74) is 1.79. The summed E-state index contributed by atoms with van der Waals surface area (Å²) in [5, 5.41) is 12.2. The Labute approximate surface area is 262 Å². The molecule has 3 aliphatic rings. The SMILES string of the molecule is COc1ccc(CN2CC/C(=C\C3=C(C(=O)O)N4C(=O)[C@@H](NC(=O)CSc5ccccc5)[C@H]4SC3)C2=O)cc1.c1c[nH]cn1. The highest BCUT2D eigenvalue weighted by molar-refractivity contribution is 8.00. The molecule has 44 heavy (non-hydrogen) atoms. The topological polar surface area (TPSA) is 145 Å². The molecule has 0 spiro atoms. The van der Waals surface area contributed by atoms with Gasteiger partial charge in [-0.05, 0) is 47.9 Å². The van der Waals surface area contributed by atoms with Gasteiger partial charge in [-0.1, -0.05) is 30.3 Å². The van der Waals surface area contributed by atoms with Crippen LogP contribution in [0.5, 0.6) is 5.75 Å². The van der Waals surface area contributed by atoms with E-state index in [1.807, 2.05) is 54.6 Å². The molecule has 3 amide bonds. The van der Waals surface area contributed by atoms with Crippen LogP contribution in [0.25, 0.3) is 0 Å². The van der Waals surface area contributed by atoms with Crippen LogP contribution in [0.4, 0.5) is 0 Å².